The van der Waals surface area contributed by atoms with Crippen molar-refractivity contribution in [1.82, 2.24) is 5.32 Å². The van der Waals surface area contributed by atoms with Crippen LogP contribution in [0.3, 0.4) is 0 Å². The van der Waals surface area contributed by atoms with Crippen LogP contribution in [-0.2, 0) is 9.53 Å². The molecular formula is C19H25NO3. The van der Waals surface area contributed by atoms with E-state index in [2.05, 4.69) is 11.4 Å². The lowest BCUT2D eigenvalue weighted by Gasteiger charge is -2.13. The number of hydrogen-bond donors (Lipinski definition) is 1. The van der Waals surface area contributed by atoms with Crippen molar-refractivity contribution in [1.29, 1.82) is 0 Å². The number of amides is 1. The molecule has 1 aliphatic carbocycles. The standard InChI is InChI=1S/C19H25NO3/c1-14-8-9-15(2)17(12-14)19(22)23-13-18(21)20-11-10-16-6-4-3-5-7-16/h6,8-9,12H,3-5,7,10-11,13H2,1-2H3,(H,20,21). The summed E-state index contributed by atoms with van der Waals surface area (Å²) in [4.78, 5) is 23.8. The Balaban J connectivity index is 1.72. The van der Waals surface area contributed by atoms with E-state index in [0.717, 1.165) is 30.4 Å². The zero-order valence-electron chi connectivity index (χ0n) is 14.0. The molecule has 2 rings (SSSR count). The van der Waals surface area contributed by atoms with E-state index in [1.807, 2.05) is 26.0 Å². The van der Waals surface area contributed by atoms with E-state index >= 15 is 0 Å². The van der Waals surface area contributed by atoms with Gasteiger partial charge in [0.05, 0.1) is 5.56 Å². The van der Waals surface area contributed by atoms with Crippen molar-refractivity contribution in [2.75, 3.05) is 13.2 Å². The molecule has 4 heteroatoms. The lowest BCUT2D eigenvalue weighted by atomic mass is 9.97. The minimum Gasteiger partial charge on any atom is -0.452 e. The fourth-order valence-corrected chi connectivity index (χ4v) is 2.71. The van der Waals surface area contributed by atoms with Gasteiger partial charge in [0, 0.05) is 6.54 Å². The van der Waals surface area contributed by atoms with Gasteiger partial charge in [0.2, 0.25) is 0 Å². The predicted octanol–water partition coefficient (Wildman–Crippen LogP) is 3.47. The second-order valence-corrected chi connectivity index (χ2v) is 6.10. The summed E-state index contributed by atoms with van der Waals surface area (Å²) in [7, 11) is 0. The molecule has 1 amide bonds. The van der Waals surface area contributed by atoms with Gasteiger partial charge in [0.25, 0.3) is 5.91 Å². The van der Waals surface area contributed by atoms with Crippen molar-refractivity contribution < 1.29 is 14.3 Å². The van der Waals surface area contributed by atoms with Gasteiger partial charge in [-0.15, -0.1) is 0 Å². The highest BCUT2D eigenvalue weighted by atomic mass is 16.5. The highest BCUT2D eigenvalue weighted by molar-refractivity contribution is 5.92. The average molecular weight is 315 g/mol. The van der Waals surface area contributed by atoms with Crippen LogP contribution in [0.2, 0.25) is 0 Å². The topological polar surface area (TPSA) is 55.4 Å². The molecule has 1 aliphatic rings. The van der Waals surface area contributed by atoms with Crippen LogP contribution in [0.5, 0.6) is 0 Å². The number of rotatable bonds is 6. The first-order chi connectivity index (χ1) is 11.1. The molecule has 0 saturated heterocycles. The van der Waals surface area contributed by atoms with Gasteiger partial charge in [-0.05, 0) is 57.6 Å². The van der Waals surface area contributed by atoms with E-state index in [9.17, 15) is 9.59 Å². The smallest absolute Gasteiger partial charge is 0.338 e. The monoisotopic (exact) mass is 315 g/mol. The third-order valence-electron chi connectivity index (χ3n) is 4.10. The van der Waals surface area contributed by atoms with Gasteiger partial charge in [0.15, 0.2) is 6.61 Å². The molecule has 124 valence electrons. The number of hydrogen-bond acceptors (Lipinski definition) is 3. The highest BCUT2D eigenvalue weighted by Crippen LogP contribution is 2.19. The summed E-state index contributed by atoms with van der Waals surface area (Å²) in [6, 6.07) is 5.60. The lowest BCUT2D eigenvalue weighted by Crippen LogP contribution is -2.30. The molecule has 0 radical (unpaired) electrons. The number of aryl methyl sites for hydroxylation is 2. The first-order valence-electron chi connectivity index (χ1n) is 8.25. The number of allylic oxidation sites excluding steroid dienone is 1. The molecule has 0 heterocycles. The molecule has 0 unspecified atom stereocenters. The number of carbonyl (C=O) groups is 2. The van der Waals surface area contributed by atoms with Crippen LogP contribution in [-0.4, -0.2) is 25.0 Å². The van der Waals surface area contributed by atoms with Crippen molar-refractivity contribution >= 4 is 11.9 Å². The van der Waals surface area contributed by atoms with Crippen LogP contribution in [0.4, 0.5) is 0 Å². The van der Waals surface area contributed by atoms with Crippen molar-refractivity contribution in [3.05, 3.63) is 46.5 Å². The predicted molar refractivity (Wildman–Crippen MR) is 90.4 cm³/mol. The number of nitrogens with one attached hydrogen (secondary N) is 1. The Kier molecular flexibility index (Phi) is 6.39. The van der Waals surface area contributed by atoms with E-state index in [0.29, 0.717) is 12.1 Å². The molecule has 0 saturated carbocycles. The van der Waals surface area contributed by atoms with Crippen LogP contribution >= 0.6 is 0 Å². The summed E-state index contributed by atoms with van der Waals surface area (Å²) in [6.07, 6.45) is 7.96. The molecule has 0 spiro atoms. The van der Waals surface area contributed by atoms with Crippen molar-refractivity contribution in [3.8, 4) is 0 Å². The van der Waals surface area contributed by atoms with Crippen LogP contribution in [0.25, 0.3) is 0 Å². The molecule has 1 aromatic rings. The Bertz CT molecular complexity index is 605. The van der Waals surface area contributed by atoms with E-state index in [4.69, 9.17) is 4.74 Å². The quantitative estimate of drug-likeness (QED) is 0.646. The summed E-state index contributed by atoms with van der Waals surface area (Å²) < 4.78 is 5.10. The zero-order chi connectivity index (χ0) is 16.7. The molecule has 1 aromatic carbocycles. The third-order valence-corrected chi connectivity index (χ3v) is 4.10. The van der Waals surface area contributed by atoms with Crippen LogP contribution in [0.1, 0.15) is 53.6 Å². The maximum atomic E-state index is 12.0. The van der Waals surface area contributed by atoms with Gasteiger partial charge in [0.1, 0.15) is 0 Å². The lowest BCUT2D eigenvalue weighted by molar-refractivity contribution is -0.124. The van der Waals surface area contributed by atoms with Gasteiger partial charge in [-0.1, -0.05) is 29.3 Å². The minimum absolute atomic E-state index is 0.231. The number of benzene rings is 1. The second kappa shape index (κ2) is 8.51. The van der Waals surface area contributed by atoms with Gasteiger partial charge in [-0.3, -0.25) is 4.79 Å². The molecule has 23 heavy (non-hydrogen) atoms. The van der Waals surface area contributed by atoms with Crippen molar-refractivity contribution in [2.24, 2.45) is 0 Å². The molecule has 0 atom stereocenters. The maximum Gasteiger partial charge on any atom is 0.338 e. The third kappa shape index (κ3) is 5.55. The summed E-state index contributed by atoms with van der Waals surface area (Å²) in [5.41, 5.74) is 3.78. The number of ether oxygens (including phenoxy) is 1. The molecule has 0 fully saturated rings. The Morgan fingerprint density at radius 2 is 2.04 bits per heavy atom. The Labute approximate surface area is 137 Å². The first-order valence-corrected chi connectivity index (χ1v) is 8.25. The minimum atomic E-state index is -0.448. The molecule has 0 aliphatic heterocycles. The van der Waals surface area contributed by atoms with Gasteiger partial charge in [-0.2, -0.15) is 0 Å². The summed E-state index contributed by atoms with van der Waals surface area (Å²) in [5.74, 6) is -0.698. The van der Waals surface area contributed by atoms with E-state index in [1.165, 1.54) is 18.4 Å². The van der Waals surface area contributed by atoms with Crippen LogP contribution in [0, 0.1) is 13.8 Å². The SMILES string of the molecule is Cc1ccc(C)c(C(=O)OCC(=O)NCCC2=CCCCC2)c1. The molecule has 4 nitrogen and oxygen atoms in total. The molecular weight excluding hydrogens is 290 g/mol. The van der Waals surface area contributed by atoms with Crippen LogP contribution < -0.4 is 5.32 Å². The van der Waals surface area contributed by atoms with E-state index in [-0.39, 0.29) is 12.5 Å². The summed E-state index contributed by atoms with van der Waals surface area (Å²) in [6.45, 7) is 4.15. The van der Waals surface area contributed by atoms with E-state index in [1.54, 1.807) is 6.07 Å². The maximum absolute atomic E-state index is 12.0. The normalized spacial score (nSPS) is 14.1. The van der Waals surface area contributed by atoms with Crippen molar-refractivity contribution in [2.45, 2.75) is 46.0 Å². The first kappa shape index (κ1) is 17.3. The molecule has 1 N–H and O–H groups in total. The summed E-state index contributed by atoms with van der Waals surface area (Å²) in [5, 5.41) is 2.81. The Morgan fingerprint density at radius 3 is 2.78 bits per heavy atom. The van der Waals surface area contributed by atoms with E-state index < -0.39 is 5.97 Å². The molecule has 0 aromatic heterocycles. The Hall–Kier alpha value is -2.10. The largest absolute Gasteiger partial charge is 0.452 e. The Morgan fingerprint density at radius 1 is 1.22 bits per heavy atom. The molecule has 0 bridgehead atoms. The summed E-state index contributed by atoms with van der Waals surface area (Å²) >= 11 is 0. The van der Waals surface area contributed by atoms with Crippen molar-refractivity contribution in [3.63, 3.8) is 0 Å². The fraction of sp³-hybridized carbons (Fsp3) is 0.474. The van der Waals surface area contributed by atoms with Gasteiger partial charge < -0.3 is 10.1 Å². The number of esters is 1. The fourth-order valence-electron chi connectivity index (χ4n) is 2.71. The zero-order valence-corrected chi connectivity index (χ0v) is 14.0. The highest BCUT2D eigenvalue weighted by Gasteiger charge is 2.13. The van der Waals surface area contributed by atoms with Gasteiger partial charge in [-0.25, -0.2) is 4.79 Å². The van der Waals surface area contributed by atoms with Gasteiger partial charge >= 0.3 is 5.97 Å². The number of carbonyl (C=O) groups excluding carboxylic acids is 2. The second-order valence-electron chi connectivity index (χ2n) is 6.10. The average Bonchev–Trinajstić information content (AvgIpc) is 2.56. The van der Waals surface area contributed by atoms with Crippen LogP contribution in [0.15, 0.2) is 29.8 Å².